The van der Waals surface area contributed by atoms with Gasteiger partial charge in [-0.1, -0.05) is 0 Å². The number of nitrogens with zero attached hydrogens (tertiary/aromatic N) is 1. The summed E-state index contributed by atoms with van der Waals surface area (Å²) in [6, 6.07) is 12.3. The topological polar surface area (TPSA) is 123 Å². The van der Waals surface area contributed by atoms with Crippen molar-refractivity contribution in [2.24, 2.45) is 0 Å². The fourth-order valence-electron chi connectivity index (χ4n) is 3.04. The average molecular weight is 392 g/mol. The first kappa shape index (κ1) is 18.1. The molecule has 9 heteroatoms. The van der Waals surface area contributed by atoms with Crippen LogP contribution < -0.4 is 21.9 Å². The molecule has 0 atom stereocenters. The van der Waals surface area contributed by atoms with Crippen LogP contribution in [0.4, 0.5) is 15.9 Å². The summed E-state index contributed by atoms with van der Waals surface area (Å²) in [5.41, 5.74) is 6.29. The Morgan fingerprint density at radius 3 is 2.28 bits per heavy atom. The molecular formula is C20H13FN4O4. The van der Waals surface area contributed by atoms with E-state index in [4.69, 9.17) is 5.73 Å². The number of halogens is 1. The Morgan fingerprint density at radius 2 is 1.62 bits per heavy atom. The van der Waals surface area contributed by atoms with E-state index in [-0.39, 0.29) is 16.9 Å². The molecule has 3 aromatic rings. The molecule has 0 aliphatic carbocycles. The van der Waals surface area contributed by atoms with Crippen molar-refractivity contribution in [1.29, 1.82) is 0 Å². The Balaban J connectivity index is 1.65. The molecule has 4 N–H and O–H groups in total. The molecule has 0 fully saturated rings. The van der Waals surface area contributed by atoms with Crippen LogP contribution in [0.5, 0.6) is 0 Å². The van der Waals surface area contributed by atoms with E-state index in [1.165, 1.54) is 48.5 Å². The number of nitrogens with one attached hydrogen (secondary N) is 2. The number of nitrogen functional groups attached to an aromatic ring is 1. The highest BCUT2D eigenvalue weighted by Crippen LogP contribution is 2.23. The summed E-state index contributed by atoms with van der Waals surface area (Å²) in [7, 11) is 0. The normalized spacial score (nSPS) is 12.4. The number of anilines is 2. The third kappa shape index (κ3) is 3.14. The summed E-state index contributed by atoms with van der Waals surface area (Å²) in [4.78, 5) is 48.4. The number of aromatic nitrogens is 1. The summed E-state index contributed by atoms with van der Waals surface area (Å²) in [5, 5.41) is 4.72. The van der Waals surface area contributed by atoms with Crippen LogP contribution in [0.3, 0.4) is 0 Å². The second kappa shape index (κ2) is 6.71. The van der Waals surface area contributed by atoms with Crippen LogP contribution in [0.2, 0.25) is 0 Å². The molecule has 1 aromatic heterocycles. The minimum absolute atomic E-state index is 0.0623. The third-order valence-corrected chi connectivity index (χ3v) is 4.44. The van der Waals surface area contributed by atoms with Crippen LogP contribution in [0.25, 0.3) is 5.69 Å². The minimum Gasteiger partial charge on any atom is -0.384 e. The van der Waals surface area contributed by atoms with Gasteiger partial charge in [-0.05, 0) is 48.5 Å². The van der Waals surface area contributed by atoms with E-state index in [9.17, 15) is 23.6 Å². The van der Waals surface area contributed by atoms with Crippen molar-refractivity contribution in [3.63, 3.8) is 0 Å². The van der Waals surface area contributed by atoms with Gasteiger partial charge in [-0.15, -0.1) is 0 Å². The van der Waals surface area contributed by atoms with Gasteiger partial charge in [0.2, 0.25) is 0 Å². The van der Waals surface area contributed by atoms with E-state index in [2.05, 4.69) is 10.6 Å². The Hall–Kier alpha value is -4.27. The molecule has 0 bridgehead atoms. The molecule has 2 aromatic carbocycles. The van der Waals surface area contributed by atoms with Crippen molar-refractivity contribution in [3.05, 3.63) is 87.5 Å². The number of benzene rings is 2. The zero-order chi connectivity index (χ0) is 20.7. The van der Waals surface area contributed by atoms with Gasteiger partial charge in [0.25, 0.3) is 23.3 Å². The van der Waals surface area contributed by atoms with Gasteiger partial charge in [0.15, 0.2) is 0 Å². The molecule has 0 saturated heterocycles. The molecule has 8 nitrogen and oxygen atoms in total. The number of pyridine rings is 1. The molecule has 0 spiro atoms. The smallest absolute Gasteiger partial charge is 0.262 e. The molecule has 29 heavy (non-hydrogen) atoms. The van der Waals surface area contributed by atoms with Crippen molar-refractivity contribution in [3.8, 4) is 5.69 Å². The largest absolute Gasteiger partial charge is 0.384 e. The lowest BCUT2D eigenvalue weighted by Gasteiger charge is -2.12. The maximum Gasteiger partial charge on any atom is 0.262 e. The first-order chi connectivity index (χ1) is 13.8. The molecule has 0 unspecified atom stereocenters. The molecule has 4 rings (SSSR count). The minimum atomic E-state index is -0.674. The number of rotatable bonds is 3. The summed E-state index contributed by atoms with van der Waals surface area (Å²) >= 11 is 0. The number of carbonyl (C=O) groups is 3. The number of hydrogen-bond donors (Lipinski definition) is 3. The lowest BCUT2D eigenvalue weighted by molar-refractivity contribution is 0.0879. The number of amides is 3. The monoisotopic (exact) mass is 392 g/mol. The summed E-state index contributed by atoms with van der Waals surface area (Å²) in [6.07, 6.45) is 0. The van der Waals surface area contributed by atoms with E-state index >= 15 is 0 Å². The fourth-order valence-corrected chi connectivity index (χ4v) is 3.04. The predicted molar refractivity (Wildman–Crippen MR) is 103 cm³/mol. The quantitative estimate of drug-likeness (QED) is 0.586. The second-order valence-corrected chi connectivity index (χ2v) is 6.28. The van der Waals surface area contributed by atoms with Crippen molar-refractivity contribution in [2.75, 3.05) is 11.1 Å². The van der Waals surface area contributed by atoms with Crippen LogP contribution in [-0.2, 0) is 0 Å². The highest BCUT2D eigenvalue weighted by Gasteiger charge is 2.31. The lowest BCUT2D eigenvalue weighted by Crippen LogP contribution is -2.24. The van der Waals surface area contributed by atoms with Gasteiger partial charge in [0.05, 0.1) is 16.8 Å². The highest BCUT2D eigenvalue weighted by molar-refractivity contribution is 6.23. The fraction of sp³-hybridized carbons (Fsp3) is 0. The van der Waals surface area contributed by atoms with E-state index in [1.807, 2.05) is 0 Å². The summed E-state index contributed by atoms with van der Waals surface area (Å²) in [6.45, 7) is 0. The predicted octanol–water partition coefficient (Wildman–Crippen LogP) is 1.69. The zero-order valence-electron chi connectivity index (χ0n) is 14.7. The van der Waals surface area contributed by atoms with Crippen LogP contribution in [-0.4, -0.2) is 22.3 Å². The Kier molecular flexibility index (Phi) is 4.19. The lowest BCUT2D eigenvalue weighted by atomic mass is 10.1. The molecule has 0 saturated carbocycles. The van der Waals surface area contributed by atoms with Crippen LogP contribution >= 0.6 is 0 Å². The van der Waals surface area contributed by atoms with Gasteiger partial charge in [-0.25, -0.2) is 4.39 Å². The van der Waals surface area contributed by atoms with Gasteiger partial charge in [-0.2, -0.15) is 0 Å². The number of carbonyl (C=O) groups excluding carboxylic acids is 3. The number of imide groups is 1. The maximum atomic E-state index is 13.0. The van der Waals surface area contributed by atoms with E-state index in [0.717, 1.165) is 10.6 Å². The van der Waals surface area contributed by atoms with Crippen molar-refractivity contribution >= 4 is 29.2 Å². The number of nitrogens with two attached hydrogens (primary N) is 1. The third-order valence-electron chi connectivity index (χ3n) is 4.44. The van der Waals surface area contributed by atoms with Gasteiger partial charge in [0, 0.05) is 17.3 Å². The second-order valence-electron chi connectivity index (χ2n) is 6.28. The van der Waals surface area contributed by atoms with E-state index in [1.54, 1.807) is 0 Å². The number of hydrogen-bond acceptors (Lipinski definition) is 5. The Bertz CT molecular complexity index is 1230. The molecule has 1 aliphatic rings. The van der Waals surface area contributed by atoms with Gasteiger partial charge in [-0.3, -0.25) is 29.1 Å². The van der Waals surface area contributed by atoms with Crippen molar-refractivity contribution < 1.29 is 18.8 Å². The zero-order valence-corrected chi connectivity index (χ0v) is 14.7. The molecule has 2 heterocycles. The SMILES string of the molecule is Nc1c2c(cc(=O)n1-c1ccc(C(=O)Nc3ccc(F)cc3)cc1)C(=O)NC2=O. The van der Waals surface area contributed by atoms with E-state index < -0.39 is 29.1 Å². The molecule has 3 amide bonds. The average Bonchev–Trinajstić information content (AvgIpc) is 2.97. The Morgan fingerprint density at radius 1 is 0.966 bits per heavy atom. The number of fused-ring (bicyclic) bond motifs is 1. The van der Waals surface area contributed by atoms with Crippen molar-refractivity contribution in [2.45, 2.75) is 0 Å². The van der Waals surface area contributed by atoms with E-state index in [0.29, 0.717) is 16.9 Å². The van der Waals surface area contributed by atoms with Gasteiger partial charge < -0.3 is 11.1 Å². The maximum absolute atomic E-state index is 13.0. The van der Waals surface area contributed by atoms with Crippen molar-refractivity contribution in [1.82, 2.24) is 9.88 Å². The first-order valence-corrected chi connectivity index (χ1v) is 8.44. The molecule has 0 radical (unpaired) electrons. The van der Waals surface area contributed by atoms with Gasteiger partial charge >= 0.3 is 0 Å². The highest BCUT2D eigenvalue weighted by atomic mass is 19.1. The van der Waals surface area contributed by atoms with Crippen LogP contribution in [0.1, 0.15) is 31.1 Å². The molecule has 144 valence electrons. The summed E-state index contributed by atoms with van der Waals surface area (Å²) < 4.78 is 14.0. The van der Waals surface area contributed by atoms with Gasteiger partial charge in [0.1, 0.15) is 11.6 Å². The molecular weight excluding hydrogens is 379 g/mol. The van der Waals surface area contributed by atoms with Crippen LogP contribution in [0, 0.1) is 5.82 Å². The molecule has 1 aliphatic heterocycles. The Labute approximate surface area is 162 Å². The first-order valence-electron chi connectivity index (χ1n) is 8.44. The standard InChI is InChI=1S/C20H13FN4O4/c21-11-3-5-12(6-4-11)23-18(27)10-1-7-13(8-2-10)25-15(26)9-14-16(17(25)22)20(29)24-19(14)28/h1-9H,22H2,(H,23,27)(H,24,28,29). The van der Waals surface area contributed by atoms with Crippen LogP contribution in [0.15, 0.2) is 59.4 Å². The summed E-state index contributed by atoms with van der Waals surface area (Å²) in [5.74, 6) is -2.36.